The lowest BCUT2D eigenvalue weighted by atomic mass is 10.00. The van der Waals surface area contributed by atoms with Crippen LogP contribution in [0.5, 0.6) is 0 Å². The predicted molar refractivity (Wildman–Crippen MR) is 100 cm³/mol. The average molecular weight is 338 g/mol. The highest BCUT2D eigenvalue weighted by Gasteiger charge is 2.23. The Balaban J connectivity index is 1.71. The number of anilines is 2. The van der Waals surface area contributed by atoms with E-state index >= 15 is 0 Å². The maximum Gasteiger partial charge on any atom is 0.272 e. The lowest BCUT2D eigenvalue weighted by molar-refractivity contribution is 0.0677. The van der Waals surface area contributed by atoms with Crippen molar-refractivity contribution in [3.63, 3.8) is 0 Å². The number of nitrogens with one attached hydrogen (secondary N) is 1. The lowest BCUT2D eigenvalue weighted by Gasteiger charge is -2.30. The summed E-state index contributed by atoms with van der Waals surface area (Å²) in [4.78, 5) is 23.0. The molecule has 1 aromatic heterocycles. The van der Waals surface area contributed by atoms with Gasteiger partial charge >= 0.3 is 0 Å². The SMILES string of the molecule is CC1CCCN(C(=O)c2cc(Nc3ccc(C(C)C)cc3)ncn2)C1. The molecule has 1 unspecified atom stereocenters. The van der Waals surface area contributed by atoms with E-state index in [0.29, 0.717) is 23.3 Å². The molecule has 2 aromatic rings. The fourth-order valence-electron chi connectivity index (χ4n) is 3.18. The van der Waals surface area contributed by atoms with Gasteiger partial charge in [0.05, 0.1) is 0 Å². The average Bonchev–Trinajstić information content (AvgIpc) is 2.62. The van der Waals surface area contributed by atoms with E-state index in [1.54, 1.807) is 6.07 Å². The van der Waals surface area contributed by atoms with Crippen LogP contribution in [0.3, 0.4) is 0 Å². The minimum Gasteiger partial charge on any atom is -0.340 e. The number of amides is 1. The first-order chi connectivity index (χ1) is 12.0. The van der Waals surface area contributed by atoms with Gasteiger partial charge in [-0.25, -0.2) is 9.97 Å². The van der Waals surface area contributed by atoms with E-state index in [9.17, 15) is 4.79 Å². The quantitative estimate of drug-likeness (QED) is 0.907. The van der Waals surface area contributed by atoms with E-state index in [4.69, 9.17) is 0 Å². The summed E-state index contributed by atoms with van der Waals surface area (Å²) in [6.07, 6.45) is 3.70. The van der Waals surface area contributed by atoms with Gasteiger partial charge in [-0.2, -0.15) is 0 Å². The zero-order valence-electron chi connectivity index (χ0n) is 15.2. The third-order valence-electron chi connectivity index (χ3n) is 4.68. The van der Waals surface area contributed by atoms with Gasteiger partial charge in [-0.3, -0.25) is 4.79 Å². The van der Waals surface area contributed by atoms with Gasteiger partial charge in [0.15, 0.2) is 0 Å². The van der Waals surface area contributed by atoms with Crippen LogP contribution >= 0.6 is 0 Å². The second-order valence-electron chi connectivity index (χ2n) is 7.19. The molecule has 1 saturated heterocycles. The molecule has 3 rings (SSSR count). The second-order valence-corrected chi connectivity index (χ2v) is 7.19. The third-order valence-corrected chi connectivity index (χ3v) is 4.68. The minimum absolute atomic E-state index is 0.00726. The molecule has 1 amide bonds. The number of likely N-dealkylation sites (tertiary alicyclic amines) is 1. The molecular weight excluding hydrogens is 312 g/mol. The Kier molecular flexibility index (Phi) is 5.31. The van der Waals surface area contributed by atoms with Crippen molar-refractivity contribution in [2.45, 2.75) is 39.5 Å². The number of carbonyl (C=O) groups is 1. The van der Waals surface area contributed by atoms with E-state index in [2.05, 4.69) is 48.2 Å². The molecule has 0 saturated carbocycles. The molecule has 1 aliphatic rings. The Labute approximate surface area is 149 Å². The maximum atomic E-state index is 12.7. The molecule has 132 valence electrons. The van der Waals surface area contributed by atoms with Gasteiger partial charge in [0.2, 0.25) is 0 Å². The fraction of sp³-hybridized carbons (Fsp3) is 0.450. The Morgan fingerprint density at radius 3 is 2.68 bits per heavy atom. The first kappa shape index (κ1) is 17.4. The zero-order valence-corrected chi connectivity index (χ0v) is 15.2. The molecule has 1 fully saturated rings. The number of carbonyl (C=O) groups excluding carboxylic acids is 1. The first-order valence-corrected chi connectivity index (χ1v) is 9.01. The summed E-state index contributed by atoms with van der Waals surface area (Å²) in [5.74, 6) is 1.69. The van der Waals surface area contributed by atoms with Crippen molar-refractivity contribution in [1.82, 2.24) is 14.9 Å². The highest BCUT2D eigenvalue weighted by molar-refractivity contribution is 5.93. The van der Waals surface area contributed by atoms with Crippen LogP contribution in [0.15, 0.2) is 36.7 Å². The molecule has 1 N–H and O–H groups in total. The van der Waals surface area contributed by atoms with Crippen molar-refractivity contribution in [1.29, 1.82) is 0 Å². The molecule has 0 aliphatic carbocycles. The number of piperidine rings is 1. The summed E-state index contributed by atoms with van der Waals surface area (Å²) in [5, 5.41) is 3.26. The third kappa shape index (κ3) is 4.35. The molecule has 0 bridgehead atoms. The van der Waals surface area contributed by atoms with Crippen LogP contribution in [0.25, 0.3) is 0 Å². The van der Waals surface area contributed by atoms with E-state index in [1.165, 1.54) is 18.3 Å². The van der Waals surface area contributed by atoms with Crippen molar-refractivity contribution in [3.05, 3.63) is 47.9 Å². The summed E-state index contributed by atoms with van der Waals surface area (Å²) in [5.41, 5.74) is 2.70. The van der Waals surface area contributed by atoms with Crippen LogP contribution < -0.4 is 5.32 Å². The Bertz CT molecular complexity index is 727. The molecule has 5 nitrogen and oxygen atoms in total. The molecule has 1 aromatic carbocycles. The lowest BCUT2D eigenvalue weighted by Crippen LogP contribution is -2.39. The highest BCUT2D eigenvalue weighted by atomic mass is 16.2. The number of rotatable bonds is 4. The number of nitrogens with zero attached hydrogens (tertiary/aromatic N) is 3. The highest BCUT2D eigenvalue weighted by Crippen LogP contribution is 2.21. The maximum absolute atomic E-state index is 12.7. The first-order valence-electron chi connectivity index (χ1n) is 9.01. The topological polar surface area (TPSA) is 58.1 Å². The number of aromatic nitrogens is 2. The fourth-order valence-corrected chi connectivity index (χ4v) is 3.18. The van der Waals surface area contributed by atoms with E-state index in [1.807, 2.05) is 17.0 Å². The zero-order chi connectivity index (χ0) is 17.8. The molecule has 1 atom stereocenters. The Hall–Kier alpha value is -2.43. The summed E-state index contributed by atoms with van der Waals surface area (Å²) >= 11 is 0. The number of hydrogen-bond donors (Lipinski definition) is 1. The van der Waals surface area contributed by atoms with Crippen molar-refractivity contribution in [2.24, 2.45) is 5.92 Å². The van der Waals surface area contributed by atoms with Gasteiger partial charge in [-0.15, -0.1) is 0 Å². The summed E-state index contributed by atoms with van der Waals surface area (Å²) < 4.78 is 0. The van der Waals surface area contributed by atoms with Gasteiger partial charge in [0, 0.05) is 24.8 Å². The standard InChI is InChI=1S/C20H26N4O/c1-14(2)16-6-8-17(9-7-16)23-19-11-18(21-13-22-19)20(25)24-10-4-5-15(3)12-24/h6-9,11,13-15H,4-5,10,12H2,1-3H3,(H,21,22,23). The second kappa shape index (κ2) is 7.64. The number of benzene rings is 1. The van der Waals surface area contributed by atoms with Crippen LogP contribution in [0.2, 0.25) is 0 Å². The number of hydrogen-bond acceptors (Lipinski definition) is 4. The van der Waals surface area contributed by atoms with Crippen LogP contribution in [-0.2, 0) is 0 Å². The minimum atomic E-state index is -0.00726. The molecule has 1 aliphatic heterocycles. The van der Waals surface area contributed by atoms with Gasteiger partial charge < -0.3 is 10.2 Å². The van der Waals surface area contributed by atoms with Crippen molar-refractivity contribution >= 4 is 17.4 Å². The van der Waals surface area contributed by atoms with Gasteiger partial charge in [-0.1, -0.05) is 32.9 Å². The molecule has 0 spiro atoms. The van der Waals surface area contributed by atoms with Gasteiger partial charge in [-0.05, 0) is 42.4 Å². The van der Waals surface area contributed by atoms with Crippen molar-refractivity contribution in [3.8, 4) is 0 Å². The van der Waals surface area contributed by atoms with Gasteiger partial charge in [0.1, 0.15) is 17.8 Å². The van der Waals surface area contributed by atoms with Crippen LogP contribution in [0.1, 0.15) is 55.6 Å². The largest absolute Gasteiger partial charge is 0.340 e. The van der Waals surface area contributed by atoms with Crippen LogP contribution in [0, 0.1) is 5.92 Å². The van der Waals surface area contributed by atoms with Crippen LogP contribution in [-0.4, -0.2) is 33.9 Å². The molecule has 5 heteroatoms. The summed E-state index contributed by atoms with van der Waals surface area (Å²) in [7, 11) is 0. The summed E-state index contributed by atoms with van der Waals surface area (Å²) in [6.45, 7) is 8.15. The molecular formula is C20H26N4O. The smallest absolute Gasteiger partial charge is 0.272 e. The molecule has 0 radical (unpaired) electrons. The van der Waals surface area contributed by atoms with Crippen molar-refractivity contribution in [2.75, 3.05) is 18.4 Å². The molecule has 25 heavy (non-hydrogen) atoms. The summed E-state index contributed by atoms with van der Waals surface area (Å²) in [6, 6.07) is 10.0. The van der Waals surface area contributed by atoms with Crippen LogP contribution in [0.4, 0.5) is 11.5 Å². The normalized spacial score (nSPS) is 17.6. The Morgan fingerprint density at radius 2 is 2.00 bits per heavy atom. The molecule has 2 heterocycles. The van der Waals surface area contributed by atoms with Gasteiger partial charge in [0.25, 0.3) is 5.91 Å². The predicted octanol–water partition coefficient (Wildman–Crippen LogP) is 4.22. The van der Waals surface area contributed by atoms with E-state index in [0.717, 1.165) is 25.2 Å². The Morgan fingerprint density at radius 1 is 1.24 bits per heavy atom. The van der Waals surface area contributed by atoms with E-state index in [-0.39, 0.29) is 5.91 Å². The monoisotopic (exact) mass is 338 g/mol. The van der Waals surface area contributed by atoms with Crippen molar-refractivity contribution < 1.29 is 4.79 Å². The van der Waals surface area contributed by atoms with E-state index < -0.39 is 0 Å².